The zero-order valence-corrected chi connectivity index (χ0v) is 13.4. The van der Waals surface area contributed by atoms with E-state index < -0.39 is 0 Å². The minimum absolute atomic E-state index is 0.300. The fraction of sp³-hybridized carbons (Fsp3) is 0.500. The standard InChI is InChI=1S/C14H20N6S/c1-4-5-10-11-13(19(3)18-10)20(14(15)17-11)8-9(2)12-16-6-7-21-12/h6-7,9H,4-5,8H2,1-3H3,(H2,15,17). The molecule has 21 heavy (non-hydrogen) atoms. The molecular formula is C14H20N6S. The number of anilines is 1. The average Bonchev–Trinajstić information content (AvgIpc) is 3.12. The van der Waals surface area contributed by atoms with Gasteiger partial charge in [-0.25, -0.2) is 9.97 Å². The molecule has 3 rings (SSSR count). The van der Waals surface area contributed by atoms with Gasteiger partial charge in [-0.2, -0.15) is 5.10 Å². The highest BCUT2D eigenvalue weighted by atomic mass is 32.1. The molecule has 6 nitrogen and oxygen atoms in total. The van der Waals surface area contributed by atoms with Gasteiger partial charge in [-0.15, -0.1) is 11.3 Å². The maximum atomic E-state index is 6.13. The van der Waals surface area contributed by atoms with Crippen molar-refractivity contribution in [3.8, 4) is 0 Å². The number of nitrogens with two attached hydrogens (primary N) is 1. The number of rotatable bonds is 5. The van der Waals surface area contributed by atoms with E-state index in [1.54, 1.807) is 11.3 Å². The van der Waals surface area contributed by atoms with Crippen LogP contribution in [0.2, 0.25) is 0 Å². The predicted molar refractivity (Wildman–Crippen MR) is 85.4 cm³/mol. The first-order valence-corrected chi connectivity index (χ1v) is 8.06. The SMILES string of the molecule is CCCc1nn(C)c2c1nc(N)n2CC(C)c1nccs1. The molecule has 3 aromatic rings. The number of thiazole rings is 1. The Hall–Kier alpha value is -1.89. The van der Waals surface area contributed by atoms with E-state index in [0.717, 1.165) is 41.3 Å². The quantitative estimate of drug-likeness (QED) is 0.786. The van der Waals surface area contributed by atoms with Crippen LogP contribution in [0.4, 0.5) is 5.95 Å². The Labute approximate surface area is 127 Å². The molecule has 0 aliphatic heterocycles. The van der Waals surface area contributed by atoms with Gasteiger partial charge in [-0.1, -0.05) is 20.3 Å². The van der Waals surface area contributed by atoms with Crippen LogP contribution in [0.1, 0.15) is 36.9 Å². The summed E-state index contributed by atoms with van der Waals surface area (Å²) in [5.74, 6) is 0.855. The van der Waals surface area contributed by atoms with Gasteiger partial charge in [0, 0.05) is 31.1 Å². The number of fused-ring (bicyclic) bond motifs is 1. The van der Waals surface area contributed by atoms with E-state index in [9.17, 15) is 0 Å². The average molecular weight is 304 g/mol. The molecule has 0 saturated carbocycles. The molecule has 0 aromatic carbocycles. The zero-order valence-electron chi connectivity index (χ0n) is 12.6. The van der Waals surface area contributed by atoms with Gasteiger partial charge in [0.05, 0.1) is 10.7 Å². The van der Waals surface area contributed by atoms with Crippen molar-refractivity contribution in [3.63, 3.8) is 0 Å². The van der Waals surface area contributed by atoms with Gasteiger partial charge in [-0.3, -0.25) is 9.25 Å². The van der Waals surface area contributed by atoms with Crippen LogP contribution in [0.5, 0.6) is 0 Å². The fourth-order valence-electron chi connectivity index (χ4n) is 2.67. The van der Waals surface area contributed by atoms with Gasteiger partial charge in [0.25, 0.3) is 0 Å². The lowest BCUT2D eigenvalue weighted by Gasteiger charge is -2.11. The summed E-state index contributed by atoms with van der Waals surface area (Å²) < 4.78 is 3.94. The lowest BCUT2D eigenvalue weighted by molar-refractivity contribution is 0.597. The van der Waals surface area contributed by atoms with Crippen LogP contribution in [0.3, 0.4) is 0 Å². The van der Waals surface area contributed by atoms with Crippen LogP contribution in [0.15, 0.2) is 11.6 Å². The molecule has 0 aliphatic rings. The number of aryl methyl sites for hydroxylation is 2. The molecule has 3 heterocycles. The van der Waals surface area contributed by atoms with Gasteiger partial charge in [0.15, 0.2) is 5.65 Å². The Morgan fingerprint density at radius 2 is 2.24 bits per heavy atom. The highest BCUT2D eigenvalue weighted by Gasteiger charge is 2.20. The molecule has 0 bridgehead atoms. The highest BCUT2D eigenvalue weighted by molar-refractivity contribution is 7.09. The van der Waals surface area contributed by atoms with Crippen molar-refractivity contribution in [2.24, 2.45) is 7.05 Å². The second-order valence-corrected chi connectivity index (χ2v) is 6.27. The monoisotopic (exact) mass is 304 g/mol. The van der Waals surface area contributed by atoms with Crippen molar-refractivity contribution in [1.29, 1.82) is 0 Å². The Balaban J connectivity index is 2.00. The highest BCUT2D eigenvalue weighted by Crippen LogP contribution is 2.26. The van der Waals surface area contributed by atoms with Gasteiger partial charge in [0.1, 0.15) is 5.52 Å². The minimum Gasteiger partial charge on any atom is -0.369 e. The number of imidazole rings is 1. The summed E-state index contributed by atoms with van der Waals surface area (Å²) in [7, 11) is 1.95. The zero-order chi connectivity index (χ0) is 15.0. The Morgan fingerprint density at radius 3 is 2.90 bits per heavy atom. The second-order valence-electron chi connectivity index (χ2n) is 5.34. The summed E-state index contributed by atoms with van der Waals surface area (Å²) >= 11 is 1.67. The van der Waals surface area contributed by atoms with Crippen molar-refractivity contribution in [2.75, 3.05) is 5.73 Å². The second kappa shape index (κ2) is 5.48. The summed E-state index contributed by atoms with van der Waals surface area (Å²) in [6.45, 7) is 5.07. The Bertz CT molecular complexity index is 739. The van der Waals surface area contributed by atoms with Crippen LogP contribution in [0.25, 0.3) is 11.2 Å². The molecule has 0 amide bonds. The minimum atomic E-state index is 0.300. The number of nitrogen functional groups attached to an aromatic ring is 1. The maximum Gasteiger partial charge on any atom is 0.202 e. The van der Waals surface area contributed by atoms with E-state index in [1.165, 1.54) is 0 Å². The van der Waals surface area contributed by atoms with Crippen molar-refractivity contribution in [3.05, 3.63) is 22.3 Å². The number of hydrogen-bond donors (Lipinski definition) is 1. The van der Waals surface area contributed by atoms with E-state index in [4.69, 9.17) is 5.73 Å². The van der Waals surface area contributed by atoms with Gasteiger partial charge in [-0.05, 0) is 6.42 Å². The van der Waals surface area contributed by atoms with Crippen molar-refractivity contribution < 1.29 is 0 Å². The smallest absolute Gasteiger partial charge is 0.202 e. The summed E-state index contributed by atoms with van der Waals surface area (Å²) in [6, 6.07) is 0. The molecule has 112 valence electrons. The maximum absolute atomic E-state index is 6.13. The van der Waals surface area contributed by atoms with Crippen LogP contribution in [-0.4, -0.2) is 24.3 Å². The molecule has 0 radical (unpaired) electrons. The lowest BCUT2D eigenvalue weighted by atomic mass is 10.2. The van der Waals surface area contributed by atoms with E-state index in [2.05, 4.69) is 28.9 Å². The molecule has 0 fully saturated rings. The van der Waals surface area contributed by atoms with Crippen LogP contribution >= 0.6 is 11.3 Å². The summed E-state index contributed by atoms with van der Waals surface area (Å²) in [5, 5.41) is 7.70. The van der Waals surface area contributed by atoms with Crippen LogP contribution in [0, 0.1) is 0 Å². The molecule has 0 spiro atoms. The number of aromatic nitrogens is 5. The summed E-state index contributed by atoms with van der Waals surface area (Å²) in [5.41, 5.74) is 9.09. The molecule has 2 N–H and O–H groups in total. The third-order valence-corrected chi connectivity index (χ3v) is 4.64. The molecular weight excluding hydrogens is 284 g/mol. The van der Waals surface area contributed by atoms with Gasteiger partial charge in [0.2, 0.25) is 5.95 Å². The number of nitrogens with zero attached hydrogens (tertiary/aromatic N) is 5. The largest absolute Gasteiger partial charge is 0.369 e. The Morgan fingerprint density at radius 1 is 1.43 bits per heavy atom. The predicted octanol–water partition coefficient (Wildman–Crippen LogP) is 2.56. The molecule has 1 unspecified atom stereocenters. The molecule has 0 saturated heterocycles. The van der Waals surface area contributed by atoms with Gasteiger partial charge < -0.3 is 5.73 Å². The van der Waals surface area contributed by atoms with E-state index in [0.29, 0.717) is 11.9 Å². The lowest BCUT2D eigenvalue weighted by Crippen LogP contribution is -2.11. The van der Waals surface area contributed by atoms with E-state index in [-0.39, 0.29) is 0 Å². The molecule has 1 atom stereocenters. The fourth-order valence-corrected chi connectivity index (χ4v) is 3.36. The number of hydrogen-bond acceptors (Lipinski definition) is 5. The first-order valence-electron chi connectivity index (χ1n) is 7.18. The topological polar surface area (TPSA) is 74.6 Å². The first-order chi connectivity index (χ1) is 10.1. The Kier molecular flexibility index (Phi) is 3.67. The third kappa shape index (κ3) is 2.42. The third-order valence-electron chi connectivity index (χ3n) is 3.64. The van der Waals surface area contributed by atoms with Gasteiger partial charge >= 0.3 is 0 Å². The van der Waals surface area contributed by atoms with Crippen molar-refractivity contribution in [1.82, 2.24) is 24.3 Å². The normalized spacial score (nSPS) is 13.1. The van der Waals surface area contributed by atoms with E-state index >= 15 is 0 Å². The van der Waals surface area contributed by atoms with Crippen molar-refractivity contribution >= 4 is 28.4 Å². The van der Waals surface area contributed by atoms with E-state index in [1.807, 2.05) is 27.9 Å². The van der Waals surface area contributed by atoms with Crippen molar-refractivity contribution in [2.45, 2.75) is 39.2 Å². The summed E-state index contributed by atoms with van der Waals surface area (Å²) in [6.07, 6.45) is 3.82. The molecule has 3 aromatic heterocycles. The first kappa shape index (κ1) is 14.1. The van der Waals surface area contributed by atoms with Crippen LogP contribution in [-0.2, 0) is 20.0 Å². The molecule has 0 aliphatic carbocycles. The molecule has 7 heteroatoms. The summed E-state index contributed by atoms with van der Waals surface area (Å²) in [4.78, 5) is 8.91. The van der Waals surface area contributed by atoms with Crippen LogP contribution < -0.4 is 5.73 Å².